The highest BCUT2D eigenvalue weighted by Gasteiger charge is 2.31. The van der Waals surface area contributed by atoms with Crippen LogP contribution in [0, 0.1) is 0 Å². The van der Waals surface area contributed by atoms with Gasteiger partial charge in [0.2, 0.25) is 0 Å². The van der Waals surface area contributed by atoms with Crippen LogP contribution in [0.3, 0.4) is 0 Å². The molecule has 2 rings (SSSR count). The van der Waals surface area contributed by atoms with Gasteiger partial charge < -0.3 is 19.8 Å². The lowest BCUT2D eigenvalue weighted by Gasteiger charge is -2.40. The summed E-state index contributed by atoms with van der Waals surface area (Å²) in [5.41, 5.74) is 1.41. The molecule has 0 bridgehead atoms. The molecular weight excluding hydrogens is 242 g/mol. The minimum absolute atomic E-state index is 0.128. The Morgan fingerprint density at radius 3 is 2.74 bits per heavy atom. The third-order valence-corrected chi connectivity index (χ3v) is 3.98. The Hall–Kier alpha value is -1.26. The molecule has 1 aliphatic rings. The van der Waals surface area contributed by atoms with Gasteiger partial charge in [-0.2, -0.15) is 0 Å². The first-order valence-electron chi connectivity index (χ1n) is 6.76. The molecule has 0 aliphatic carbocycles. The highest BCUT2D eigenvalue weighted by Crippen LogP contribution is 2.32. The predicted octanol–water partition coefficient (Wildman–Crippen LogP) is 2.45. The van der Waals surface area contributed by atoms with Crippen LogP contribution in [0.1, 0.15) is 38.4 Å². The number of rotatable bonds is 3. The summed E-state index contributed by atoms with van der Waals surface area (Å²) in [5, 5.41) is 19.5. The Labute approximate surface area is 114 Å². The zero-order valence-corrected chi connectivity index (χ0v) is 11.9. The van der Waals surface area contributed by atoms with Gasteiger partial charge in [0, 0.05) is 37.5 Å². The van der Waals surface area contributed by atoms with Gasteiger partial charge in [-0.1, -0.05) is 6.07 Å². The summed E-state index contributed by atoms with van der Waals surface area (Å²) in [6.07, 6.45) is 1.47. The molecule has 0 radical (unpaired) electrons. The lowest BCUT2D eigenvalue weighted by Crippen LogP contribution is -2.47. The number of methoxy groups -OCH3 is 1. The molecule has 1 heterocycles. The predicted molar refractivity (Wildman–Crippen MR) is 75.6 cm³/mol. The second kappa shape index (κ2) is 5.39. The van der Waals surface area contributed by atoms with Gasteiger partial charge in [-0.15, -0.1) is 0 Å². The van der Waals surface area contributed by atoms with Crippen molar-refractivity contribution in [1.29, 1.82) is 0 Å². The standard InChI is InChI=1S/C15H23NO3/c1-11(17)13-6-5-12(9-14(13)18)16-8-4-7-15(2,10-16)19-3/h5-6,9,11,17-18H,4,7-8,10H2,1-3H3. The first-order chi connectivity index (χ1) is 8.95. The second-order valence-electron chi connectivity index (χ2n) is 5.60. The molecule has 4 heteroatoms. The highest BCUT2D eigenvalue weighted by atomic mass is 16.5. The smallest absolute Gasteiger partial charge is 0.123 e. The van der Waals surface area contributed by atoms with Crippen LogP contribution in [0.2, 0.25) is 0 Å². The fourth-order valence-corrected chi connectivity index (χ4v) is 2.67. The van der Waals surface area contributed by atoms with Gasteiger partial charge in [0.25, 0.3) is 0 Å². The number of phenolic OH excluding ortho intramolecular Hbond substituents is 1. The van der Waals surface area contributed by atoms with E-state index in [4.69, 9.17) is 4.74 Å². The van der Waals surface area contributed by atoms with Gasteiger partial charge in [-0.25, -0.2) is 0 Å². The number of ether oxygens (including phenoxy) is 1. The van der Waals surface area contributed by atoms with Crippen LogP contribution in [0.4, 0.5) is 5.69 Å². The SMILES string of the molecule is COC1(C)CCCN(c2ccc(C(C)O)c(O)c2)C1. The van der Waals surface area contributed by atoms with Crippen LogP contribution in [0.5, 0.6) is 5.75 Å². The van der Waals surface area contributed by atoms with E-state index in [0.717, 1.165) is 31.6 Å². The van der Waals surface area contributed by atoms with Crippen molar-refractivity contribution >= 4 is 5.69 Å². The van der Waals surface area contributed by atoms with E-state index >= 15 is 0 Å². The van der Waals surface area contributed by atoms with E-state index in [9.17, 15) is 10.2 Å². The molecule has 2 unspecified atom stereocenters. The van der Waals surface area contributed by atoms with E-state index in [1.165, 1.54) is 0 Å². The van der Waals surface area contributed by atoms with Gasteiger partial charge in [-0.3, -0.25) is 0 Å². The molecule has 4 nitrogen and oxygen atoms in total. The number of aromatic hydroxyl groups is 1. The van der Waals surface area contributed by atoms with Crippen LogP contribution in [-0.2, 0) is 4.74 Å². The summed E-state index contributed by atoms with van der Waals surface area (Å²) < 4.78 is 5.58. The fraction of sp³-hybridized carbons (Fsp3) is 0.600. The highest BCUT2D eigenvalue weighted by molar-refractivity contribution is 5.54. The Kier molecular flexibility index (Phi) is 4.02. The van der Waals surface area contributed by atoms with Crippen molar-refractivity contribution in [2.45, 2.75) is 38.4 Å². The van der Waals surface area contributed by atoms with E-state index in [2.05, 4.69) is 11.8 Å². The first-order valence-corrected chi connectivity index (χ1v) is 6.76. The van der Waals surface area contributed by atoms with Crippen molar-refractivity contribution in [2.24, 2.45) is 0 Å². The fourth-order valence-electron chi connectivity index (χ4n) is 2.67. The number of aliphatic hydroxyl groups excluding tert-OH is 1. The summed E-state index contributed by atoms with van der Waals surface area (Å²) in [6, 6.07) is 5.46. The first kappa shape index (κ1) is 14.2. The van der Waals surface area contributed by atoms with E-state index in [1.807, 2.05) is 6.07 Å². The number of aliphatic hydroxyl groups is 1. The van der Waals surface area contributed by atoms with Crippen molar-refractivity contribution in [2.75, 3.05) is 25.1 Å². The van der Waals surface area contributed by atoms with Crippen molar-refractivity contribution in [3.8, 4) is 5.75 Å². The quantitative estimate of drug-likeness (QED) is 0.881. The van der Waals surface area contributed by atoms with Gasteiger partial charge in [-0.05, 0) is 32.8 Å². The van der Waals surface area contributed by atoms with Crippen molar-refractivity contribution in [3.05, 3.63) is 23.8 Å². The van der Waals surface area contributed by atoms with Crippen molar-refractivity contribution < 1.29 is 14.9 Å². The molecular formula is C15H23NO3. The lowest BCUT2D eigenvalue weighted by molar-refractivity contribution is -0.00466. The zero-order chi connectivity index (χ0) is 14.0. The zero-order valence-electron chi connectivity index (χ0n) is 11.9. The lowest BCUT2D eigenvalue weighted by atomic mass is 9.94. The van der Waals surface area contributed by atoms with E-state index in [-0.39, 0.29) is 11.4 Å². The average molecular weight is 265 g/mol. The normalized spacial score (nSPS) is 25.4. The third kappa shape index (κ3) is 3.01. The van der Waals surface area contributed by atoms with Gasteiger partial charge in [0.1, 0.15) is 5.75 Å². The van der Waals surface area contributed by atoms with E-state index in [0.29, 0.717) is 5.56 Å². The number of benzene rings is 1. The molecule has 1 fully saturated rings. The van der Waals surface area contributed by atoms with Gasteiger partial charge >= 0.3 is 0 Å². The Balaban J connectivity index is 2.20. The third-order valence-electron chi connectivity index (χ3n) is 3.98. The summed E-state index contributed by atoms with van der Waals surface area (Å²) in [7, 11) is 1.75. The Morgan fingerprint density at radius 1 is 1.42 bits per heavy atom. The molecule has 1 aliphatic heterocycles. The average Bonchev–Trinajstić information content (AvgIpc) is 2.38. The maximum Gasteiger partial charge on any atom is 0.123 e. The molecule has 106 valence electrons. The largest absolute Gasteiger partial charge is 0.507 e. The summed E-state index contributed by atoms with van der Waals surface area (Å²) in [4.78, 5) is 2.22. The van der Waals surface area contributed by atoms with Gasteiger partial charge in [0.05, 0.1) is 11.7 Å². The maximum absolute atomic E-state index is 9.96. The molecule has 0 amide bonds. The Morgan fingerprint density at radius 2 is 2.16 bits per heavy atom. The van der Waals surface area contributed by atoms with Crippen LogP contribution < -0.4 is 4.90 Å². The molecule has 19 heavy (non-hydrogen) atoms. The monoisotopic (exact) mass is 265 g/mol. The molecule has 1 saturated heterocycles. The summed E-state index contributed by atoms with van der Waals surface area (Å²) in [5.74, 6) is 0.150. The number of hydrogen-bond donors (Lipinski definition) is 2. The molecule has 2 atom stereocenters. The van der Waals surface area contributed by atoms with E-state index < -0.39 is 6.10 Å². The topological polar surface area (TPSA) is 52.9 Å². The number of nitrogens with zero attached hydrogens (tertiary/aromatic N) is 1. The Bertz CT molecular complexity index is 447. The number of phenols is 1. The molecule has 1 aromatic carbocycles. The molecule has 2 N–H and O–H groups in total. The van der Waals surface area contributed by atoms with Gasteiger partial charge in [0.15, 0.2) is 0 Å². The second-order valence-corrected chi connectivity index (χ2v) is 5.60. The molecule has 0 saturated carbocycles. The summed E-state index contributed by atoms with van der Waals surface area (Å²) >= 11 is 0. The number of hydrogen-bond acceptors (Lipinski definition) is 4. The maximum atomic E-state index is 9.96. The van der Waals surface area contributed by atoms with Crippen molar-refractivity contribution in [1.82, 2.24) is 0 Å². The summed E-state index contributed by atoms with van der Waals surface area (Å²) in [6.45, 7) is 5.55. The van der Waals surface area contributed by atoms with Crippen LogP contribution in [0.25, 0.3) is 0 Å². The van der Waals surface area contributed by atoms with Crippen LogP contribution >= 0.6 is 0 Å². The molecule has 1 aromatic rings. The molecule has 0 spiro atoms. The van der Waals surface area contributed by atoms with Crippen LogP contribution in [-0.4, -0.2) is 36.0 Å². The minimum atomic E-state index is -0.653. The van der Waals surface area contributed by atoms with Crippen molar-refractivity contribution in [3.63, 3.8) is 0 Å². The van der Waals surface area contributed by atoms with E-state index in [1.54, 1.807) is 26.2 Å². The van der Waals surface area contributed by atoms with Crippen LogP contribution in [0.15, 0.2) is 18.2 Å². The number of piperidine rings is 1. The molecule has 0 aromatic heterocycles. The minimum Gasteiger partial charge on any atom is -0.507 e. The number of anilines is 1.